The van der Waals surface area contributed by atoms with Crippen molar-refractivity contribution in [2.75, 3.05) is 5.73 Å². The standard InChI is InChI=1S/C22H17N7S/c23-12-13-6-8-15(9-7-13)19-18(14-4-2-1-3-5-14)25-16-10-11-17(26-20(16)27-19)21-28-29-22(24)30-21/h1-11H,12,23H2,(H2,24,29). The fourth-order valence-corrected chi connectivity index (χ4v) is 3.78. The minimum atomic E-state index is 0.401. The molecule has 8 heteroatoms. The summed E-state index contributed by atoms with van der Waals surface area (Å²) >= 11 is 1.29. The Morgan fingerprint density at radius 2 is 1.47 bits per heavy atom. The van der Waals surface area contributed by atoms with Gasteiger partial charge in [0.1, 0.15) is 11.2 Å². The number of hydrogen-bond donors (Lipinski definition) is 2. The Balaban J connectivity index is 1.72. The number of nitrogens with two attached hydrogens (primary N) is 2. The van der Waals surface area contributed by atoms with Crippen LogP contribution in [0.15, 0.2) is 66.7 Å². The molecule has 3 aromatic heterocycles. The van der Waals surface area contributed by atoms with Crippen molar-refractivity contribution in [1.82, 2.24) is 25.1 Å². The van der Waals surface area contributed by atoms with Crippen LogP contribution in [0, 0.1) is 0 Å². The van der Waals surface area contributed by atoms with E-state index >= 15 is 0 Å². The summed E-state index contributed by atoms with van der Waals surface area (Å²) in [5, 5.41) is 9.00. The molecule has 30 heavy (non-hydrogen) atoms. The fourth-order valence-electron chi connectivity index (χ4n) is 3.20. The third kappa shape index (κ3) is 3.38. The maximum Gasteiger partial charge on any atom is 0.203 e. The highest BCUT2D eigenvalue weighted by atomic mass is 32.1. The van der Waals surface area contributed by atoms with Crippen LogP contribution in [0.1, 0.15) is 5.56 Å². The van der Waals surface area contributed by atoms with Crippen molar-refractivity contribution in [3.05, 3.63) is 72.3 Å². The summed E-state index contributed by atoms with van der Waals surface area (Å²) in [5.74, 6) is 0. The molecule has 0 radical (unpaired) electrons. The third-order valence-corrected chi connectivity index (χ3v) is 5.47. The lowest BCUT2D eigenvalue weighted by Crippen LogP contribution is -1.99. The Morgan fingerprint density at radius 3 is 2.17 bits per heavy atom. The number of benzene rings is 2. The Morgan fingerprint density at radius 1 is 0.733 bits per heavy atom. The SMILES string of the molecule is NCc1ccc(-c2nc3nc(-c4nnc(N)s4)ccc3nc2-c2ccccc2)cc1. The number of hydrogen-bond acceptors (Lipinski definition) is 8. The topological polar surface area (TPSA) is 116 Å². The summed E-state index contributed by atoms with van der Waals surface area (Å²) in [7, 11) is 0. The lowest BCUT2D eigenvalue weighted by atomic mass is 10.0. The van der Waals surface area contributed by atoms with Crippen LogP contribution in [0.2, 0.25) is 0 Å². The molecule has 0 spiro atoms. The van der Waals surface area contributed by atoms with Crippen LogP contribution >= 0.6 is 11.3 Å². The number of nitrogen functional groups attached to an aromatic ring is 1. The monoisotopic (exact) mass is 411 g/mol. The predicted octanol–water partition coefficient (Wildman–Crippen LogP) is 3.92. The van der Waals surface area contributed by atoms with Gasteiger partial charge in [-0.2, -0.15) is 0 Å². The zero-order valence-electron chi connectivity index (χ0n) is 15.9. The van der Waals surface area contributed by atoms with E-state index in [1.165, 1.54) is 11.3 Å². The molecule has 0 atom stereocenters. The summed E-state index contributed by atoms with van der Waals surface area (Å²) in [5.41, 5.74) is 18.0. The summed E-state index contributed by atoms with van der Waals surface area (Å²) in [6.45, 7) is 0.491. The van der Waals surface area contributed by atoms with E-state index < -0.39 is 0 Å². The molecule has 5 rings (SSSR count). The van der Waals surface area contributed by atoms with Gasteiger partial charge in [-0.15, -0.1) is 10.2 Å². The zero-order valence-corrected chi connectivity index (χ0v) is 16.7. The molecule has 0 unspecified atom stereocenters. The van der Waals surface area contributed by atoms with Crippen LogP contribution in [-0.4, -0.2) is 25.1 Å². The van der Waals surface area contributed by atoms with Gasteiger partial charge in [-0.3, -0.25) is 0 Å². The normalized spacial score (nSPS) is 11.1. The molecule has 3 heterocycles. The third-order valence-electron chi connectivity index (χ3n) is 4.70. The fraction of sp³-hybridized carbons (Fsp3) is 0.0455. The van der Waals surface area contributed by atoms with E-state index in [0.717, 1.165) is 28.1 Å². The van der Waals surface area contributed by atoms with Gasteiger partial charge in [0.25, 0.3) is 0 Å². The van der Waals surface area contributed by atoms with Crippen LogP contribution in [0.25, 0.3) is 44.4 Å². The van der Waals surface area contributed by atoms with Crippen molar-refractivity contribution >= 4 is 27.6 Å². The highest BCUT2D eigenvalue weighted by Gasteiger charge is 2.15. The highest BCUT2D eigenvalue weighted by molar-refractivity contribution is 7.18. The Kier molecular flexibility index (Phi) is 4.62. The van der Waals surface area contributed by atoms with Gasteiger partial charge in [-0.1, -0.05) is 65.9 Å². The summed E-state index contributed by atoms with van der Waals surface area (Å²) < 4.78 is 0. The molecule has 0 aliphatic rings. The maximum atomic E-state index is 5.75. The predicted molar refractivity (Wildman–Crippen MR) is 119 cm³/mol. The average molecular weight is 411 g/mol. The smallest absolute Gasteiger partial charge is 0.203 e. The molecule has 0 fully saturated rings. The first-order valence-corrected chi connectivity index (χ1v) is 10.2. The summed E-state index contributed by atoms with van der Waals surface area (Å²) in [6.07, 6.45) is 0. The molecular formula is C22H17N7S. The van der Waals surface area contributed by atoms with Gasteiger partial charge in [0.05, 0.1) is 11.4 Å². The van der Waals surface area contributed by atoms with Gasteiger partial charge >= 0.3 is 0 Å². The van der Waals surface area contributed by atoms with Gasteiger partial charge in [-0.05, 0) is 17.7 Å². The molecule has 7 nitrogen and oxygen atoms in total. The van der Waals surface area contributed by atoms with E-state index in [4.69, 9.17) is 21.4 Å². The Hall–Kier alpha value is -3.75. The number of aromatic nitrogens is 5. The highest BCUT2D eigenvalue weighted by Crippen LogP contribution is 2.32. The molecular weight excluding hydrogens is 394 g/mol. The Bertz CT molecular complexity index is 1330. The second-order valence-corrected chi connectivity index (χ2v) is 7.68. The van der Waals surface area contributed by atoms with Crippen molar-refractivity contribution in [3.63, 3.8) is 0 Å². The zero-order chi connectivity index (χ0) is 20.5. The van der Waals surface area contributed by atoms with Gasteiger partial charge in [0.2, 0.25) is 5.13 Å². The number of rotatable bonds is 4. The second-order valence-electron chi connectivity index (χ2n) is 6.67. The molecule has 0 bridgehead atoms. The van der Waals surface area contributed by atoms with Crippen molar-refractivity contribution in [2.24, 2.45) is 5.73 Å². The lowest BCUT2D eigenvalue weighted by molar-refractivity contribution is 1.07. The molecule has 0 amide bonds. The molecule has 0 aliphatic carbocycles. The minimum Gasteiger partial charge on any atom is -0.374 e. The molecule has 0 aliphatic heterocycles. The van der Waals surface area contributed by atoms with Gasteiger partial charge < -0.3 is 11.5 Å². The molecule has 5 aromatic rings. The largest absolute Gasteiger partial charge is 0.374 e. The van der Waals surface area contributed by atoms with Crippen LogP contribution in [0.3, 0.4) is 0 Å². The molecule has 4 N–H and O–H groups in total. The average Bonchev–Trinajstić information content (AvgIpc) is 3.25. The lowest BCUT2D eigenvalue weighted by Gasteiger charge is -2.11. The van der Waals surface area contributed by atoms with Crippen molar-refractivity contribution < 1.29 is 0 Å². The summed E-state index contributed by atoms with van der Waals surface area (Å²) in [6, 6.07) is 21.8. The van der Waals surface area contributed by atoms with E-state index in [1.54, 1.807) is 0 Å². The van der Waals surface area contributed by atoms with E-state index in [-0.39, 0.29) is 0 Å². The van der Waals surface area contributed by atoms with Crippen molar-refractivity contribution in [3.8, 4) is 33.2 Å². The number of anilines is 1. The van der Waals surface area contributed by atoms with Crippen LogP contribution < -0.4 is 11.5 Å². The maximum absolute atomic E-state index is 5.75. The van der Waals surface area contributed by atoms with E-state index in [2.05, 4.69) is 15.2 Å². The van der Waals surface area contributed by atoms with Crippen LogP contribution in [0.5, 0.6) is 0 Å². The van der Waals surface area contributed by atoms with Gasteiger partial charge in [0.15, 0.2) is 10.7 Å². The first-order chi connectivity index (χ1) is 14.7. The van der Waals surface area contributed by atoms with E-state index in [9.17, 15) is 0 Å². The first-order valence-electron chi connectivity index (χ1n) is 9.34. The van der Waals surface area contributed by atoms with E-state index in [1.807, 2.05) is 66.7 Å². The van der Waals surface area contributed by atoms with Crippen molar-refractivity contribution in [1.29, 1.82) is 0 Å². The molecule has 0 saturated heterocycles. The molecule has 0 saturated carbocycles. The van der Waals surface area contributed by atoms with Gasteiger partial charge in [-0.25, -0.2) is 15.0 Å². The minimum absolute atomic E-state index is 0.401. The first kappa shape index (κ1) is 18.3. The molecule has 146 valence electrons. The van der Waals surface area contributed by atoms with Crippen LogP contribution in [-0.2, 0) is 6.54 Å². The number of nitrogens with zero attached hydrogens (tertiary/aromatic N) is 5. The number of fused-ring (bicyclic) bond motifs is 1. The summed E-state index contributed by atoms with van der Waals surface area (Å²) in [4.78, 5) is 14.5. The molecule has 2 aromatic carbocycles. The second kappa shape index (κ2) is 7.58. The number of pyridine rings is 1. The quantitative estimate of drug-likeness (QED) is 0.460. The van der Waals surface area contributed by atoms with Crippen LogP contribution in [0.4, 0.5) is 5.13 Å². The Labute approximate surface area is 176 Å². The van der Waals surface area contributed by atoms with Crippen molar-refractivity contribution in [2.45, 2.75) is 6.54 Å². The van der Waals surface area contributed by atoms with Gasteiger partial charge in [0, 0.05) is 17.7 Å². The van der Waals surface area contributed by atoms with E-state index in [0.29, 0.717) is 33.5 Å².